The highest BCUT2D eigenvalue weighted by molar-refractivity contribution is 4.98. The highest BCUT2D eigenvalue weighted by Gasteiger charge is 2.29. The Morgan fingerprint density at radius 1 is 1.57 bits per heavy atom. The van der Waals surface area contributed by atoms with Crippen molar-refractivity contribution in [2.24, 2.45) is 0 Å². The molecule has 1 N–H and O–H groups in total. The van der Waals surface area contributed by atoms with Gasteiger partial charge in [-0.25, -0.2) is 0 Å². The first kappa shape index (κ1) is 11.1. The van der Waals surface area contributed by atoms with Gasteiger partial charge in [-0.1, -0.05) is 12.1 Å². The van der Waals surface area contributed by atoms with Crippen LogP contribution < -0.4 is 5.32 Å². The van der Waals surface area contributed by atoms with E-state index in [2.05, 4.69) is 15.5 Å². The van der Waals surface area contributed by atoms with E-state index in [-0.39, 0.29) is 0 Å². The summed E-state index contributed by atoms with van der Waals surface area (Å²) in [6.45, 7) is 4.55. The molecule has 5 heteroatoms. The van der Waals surface area contributed by atoms with Crippen LogP contribution in [0.2, 0.25) is 0 Å². The fourth-order valence-corrected chi connectivity index (χ4v) is 1.09. The van der Waals surface area contributed by atoms with E-state index in [0.717, 1.165) is 6.42 Å². The summed E-state index contributed by atoms with van der Waals surface area (Å²) in [4.78, 5) is 4.25. The summed E-state index contributed by atoms with van der Waals surface area (Å²) in [6.07, 6.45) is 0.808. The summed E-state index contributed by atoms with van der Waals surface area (Å²) >= 11 is 0. The van der Waals surface area contributed by atoms with Crippen molar-refractivity contribution in [3.63, 3.8) is 0 Å². The third-order valence-electron chi connectivity index (χ3n) is 2.39. The van der Waals surface area contributed by atoms with E-state index >= 15 is 0 Å². The van der Waals surface area contributed by atoms with Gasteiger partial charge < -0.3 is 14.6 Å². The lowest BCUT2D eigenvalue weighted by Crippen LogP contribution is -2.25. The highest BCUT2D eigenvalue weighted by Crippen LogP contribution is 2.25. The van der Waals surface area contributed by atoms with E-state index in [1.54, 1.807) is 7.11 Å². The quantitative estimate of drug-likeness (QED) is 0.768. The van der Waals surface area contributed by atoms with E-state index < -0.39 is 5.60 Å². The molecule has 0 amide bonds. The van der Waals surface area contributed by atoms with Gasteiger partial charge in [-0.3, -0.25) is 0 Å². The minimum Gasteiger partial charge on any atom is -0.370 e. The van der Waals surface area contributed by atoms with Crippen LogP contribution in [0, 0.1) is 0 Å². The number of methoxy groups -OCH3 is 1. The first-order valence-corrected chi connectivity index (χ1v) is 4.69. The summed E-state index contributed by atoms with van der Waals surface area (Å²) in [5.74, 6) is 1.19. The van der Waals surface area contributed by atoms with Gasteiger partial charge in [0.1, 0.15) is 5.60 Å². The zero-order valence-corrected chi connectivity index (χ0v) is 9.13. The predicted octanol–water partition coefficient (Wildman–Crippen LogP) is 1.06. The molecule has 0 bridgehead atoms. The molecule has 0 aliphatic heterocycles. The van der Waals surface area contributed by atoms with Crippen LogP contribution in [0.4, 0.5) is 0 Å². The van der Waals surface area contributed by atoms with E-state index in [1.165, 1.54) is 0 Å². The van der Waals surface area contributed by atoms with Crippen LogP contribution >= 0.6 is 0 Å². The lowest BCUT2D eigenvalue weighted by Gasteiger charge is -2.21. The molecule has 0 fully saturated rings. The SMILES string of the molecule is CCC(C)(OC)c1noc(CNC)n1. The molecule has 0 aromatic carbocycles. The molecule has 0 saturated carbocycles. The Morgan fingerprint density at radius 2 is 2.29 bits per heavy atom. The molecule has 14 heavy (non-hydrogen) atoms. The van der Waals surface area contributed by atoms with Crippen LogP contribution in [0.3, 0.4) is 0 Å². The Balaban J connectivity index is 2.84. The first-order chi connectivity index (χ1) is 6.66. The first-order valence-electron chi connectivity index (χ1n) is 4.69. The van der Waals surface area contributed by atoms with Crippen molar-refractivity contribution in [3.8, 4) is 0 Å². The predicted molar refractivity (Wildman–Crippen MR) is 51.7 cm³/mol. The van der Waals surface area contributed by atoms with Crippen LogP contribution in [0.25, 0.3) is 0 Å². The van der Waals surface area contributed by atoms with Crippen molar-refractivity contribution in [1.29, 1.82) is 0 Å². The van der Waals surface area contributed by atoms with Crippen LogP contribution in [0.1, 0.15) is 32.0 Å². The average molecular weight is 199 g/mol. The fraction of sp³-hybridized carbons (Fsp3) is 0.778. The van der Waals surface area contributed by atoms with Gasteiger partial charge in [0.05, 0.1) is 6.54 Å². The van der Waals surface area contributed by atoms with Gasteiger partial charge >= 0.3 is 0 Å². The van der Waals surface area contributed by atoms with Gasteiger partial charge in [-0.05, 0) is 20.4 Å². The van der Waals surface area contributed by atoms with Crippen molar-refractivity contribution in [2.45, 2.75) is 32.4 Å². The fourth-order valence-electron chi connectivity index (χ4n) is 1.09. The van der Waals surface area contributed by atoms with Crippen molar-refractivity contribution in [1.82, 2.24) is 15.5 Å². The van der Waals surface area contributed by atoms with Crippen molar-refractivity contribution in [3.05, 3.63) is 11.7 Å². The normalized spacial score (nSPS) is 15.4. The molecule has 0 saturated heterocycles. The maximum Gasteiger partial charge on any atom is 0.240 e. The zero-order chi connectivity index (χ0) is 10.6. The van der Waals surface area contributed by atoms with Crippen LogP contribution in [-0.4, -0.2) is 24.3 Å². The Hall–Kier alpha value is -0.940. The summed E-state index contributed by atoms with van der Waals surface area (Å²) in [5.41, 5.74) is -0.449. The number of hydrogen-bond acceptors (Lipinski definition) is 5. The van der Waals surface area contributed by atoms with E-state index in [1.807, 2.05) is 20.9 Å². The Bertz CT molecular complexity index is 281. The Labute approximate surface area is 83.8 Å². The number of rotatable bonds is 5. The monoisotopic (exact) mass is 199 g/mol. The molecular formula is C9H17N3O2. The molecule has 0 aliphatic rings. The Kier molecular flexibility index (Phi) is 3.60. The smallest absolute Gasteiger partial charge is 0.240 e. The standard InChI is InChI=1S/C9H17N3O2/c1-5-9(2,13-4)8-11-7(6-10-3)14-12-8/h10H,5-6H2,1-4H3. The summed E-state index contributed by atoms with van der Waals surface area (Å²) in [7, 11) is 3.48. The number of nitrogens with zero attached hydrogens (tertiary/aromatic N) is 2. The zero-order valence-electron chi connectivity index (χ0n) is 9.13. The molecule has 1 aromatic heterocycles. The molecule has 0 aliphatic carbocycles. The van der Waals surface area contributed by atoms with Gasteiger partial charge in [0.25, 0.3) is 0 Å². The van der Waals surface area contributed by atoms with Gasteiger partial charge in [0.15, 0.2) is 0 Å². The second kappa shape index (κ2) is 4.52. The van der Waals surface area contributed by atoms with E-state index in [4.69, 9.17) is 9.26 Å². The Morgan fingerprint density at radius 3 is 2.79 bits per heavy atom. The number of hydrogen-bond donors (Lipinski definition) is 1. The molecule has 1 aromatic rings. The molecular weight excluding hydrogens is 182 g/mol. The summed E-state index contributed by atoms with van der Waals surface area (Å²) in [5, 5.41) is 6.85. The molecule has 1 unspecified atom stereocenters. The minimum atomic E-state index is -0.449. The lowest BCUT2D eigenvalue weighted by atomic mass is 10.0. The van der Waals surface area contributed by atoms with Crippen molar-refractivity contribution >= 4 is 0 Å². The largest absolute Gasteiger partial charge is 0.370 e. The lowest BCUT2D eigenvalue weighted by molar-refractivity contribution is -0.0106. The van der Waals surface area contributed by atoms with E-state index in [9.17, 15) is 0 Å². The summed E-state index contributed by atoms with van der Waals surface area (Å²) < 4.78 is 10.4. The van der Waals surface area contributed by atoms with Gasteiger partial charge in [0.2, 0.25) is 11.7 Å². The molecule has 1 heterocycles. The van der Waals surface area contributed by atoms with Crippen molar-refractivity contribution in [2.75, 3.05) is 14.2 Å². The third kappa shape index (κ3) is 2.10. The van der Waals surface area contributed by atoms with Gasteiger partial charge in [0, 0.05) is 7.11 Å². The topological polar surface area (TPSA) is 60.2 Å². The molecule has 5 nitrogen and oxygen atoms in total. The summed E-state index contributed by atoms with van der Waals surface area (Å²) in [6, 6.07) is 0. The highest BCUT2D eigenvalue weighted by atomic mass is 16.5. The average Bonchev–Trinajstić information content (AvgIpc) is 2.66. The van der Waals surface area contributed by atoms with E-state index in [0.29, 0.717) is 18.3 Å². The molecule has 80 valence electrons. The third-order valence-corrected chi connectivity index (χ3v) is 2.39. The maximum absolute atomic E-state index is 5.36. The number of aromatic nitrogens is 2. The maximum atomic E-state index is 5.36. The molecule has 1 atom stereocenters. The second-order valence-electron chi connectivity index (χ2n) is 3.33. The second-order valence-corrected chi connectivity index (χ2v) is 3.33. The number of nitrogens with one attached hydrogen (secondary N) is 1. The molecule has 0 radical (unpaired) electrons. The van der Waals surface area contributed by atoms with Crippen LogP contribution in [-0.2, 0) is 16.9 Å². The van der Waals surface area contributed by atoms with Crippen LogP contribution in [0.5, 0.6) is 0 Å². The number of ether oxygens (including phenoxy) is 1. The van der Waals surface area contributed by atoms with Crippen LogP contribution in [0.15, 0.2) is 4.52 Å². The minimum absolute atomic E-state index is 0.449. The van der Waals surface area contributed by atoms with Gasteiger partial charge in [-0.15, -0.1) is 0 Å². The van der Waals surface area contributed by atoms with Crippen molar-refractivity contribution < 1.29 is 9.26 Å². The molecule has 0 spiro atoms. The van der Waals surface area contributed by atoms with Gasteiger partial charge in [-0.2, -0.15) is 4.98 Å². The molecule has 1 rings (SSSR count).